The lowest BCUT2D eigenvalue weighted by atomic mass is 10.1. The predicted molar refractivity (Wildman–Crippen MR) is 75.7 cm³/mol. The van der Waals surface area contributed by atoms with Gasteiger partial charge in [0.15, 0.2) is 0 Å². The topological polar surface area (TPSA) is 15.3 Å². The summed E-state index contributed by atoms with van der Waals surface area (Å²) >= 11 is 5.99. The lowest BCUT2D eigenvalue weighted by Crippen LogP contribution is -2.33. The number of benzene rings is 1. The Bertz CT molecular complexity index is 349. The molecule has 0 saturated heterocycles. The lowest BCUT2D eigenvalue weighted by molar-refractivity contribution is 0.329. The highest BCUT2D eigenvalue weighted by Crippen LogP contribution is 2.19. The van der Waals surface area contributed by atoms with Crippen LogP contribution in [0.3, 0.4) is 0 Å². The second-order valence-corrected chi connectivity index (χ2v) is 5.27. The fraction of sp³-hybridized carbons (Fsp3) is 0.571. The molecule has 0 aromatic heterocycles. The summed E-state index contributed by atoms with van der Waals surface area (Å²) in [6, 6.07) is 5.33. The fourth-order valence-electron chi connectivity index (χ4n) is 1.73. The van der Waals surface area contributed by atoms with E-state index in [2.05, 4.69) is 24.1 Å². The number of likely N-dealkylation sites (N-methyl/N-ethyl adjacent to an activating group) is 1. The van der Waals surface area contributed by atoms with Crippen molar-refractivity contribution in [2.45, 2.75) is 26.3 Å². The average Bonchev–Trinajstić information content (AvgIpc) is 2.27. The SMILES string of the molecule is CC(C)NCCN(C)CCc1c(F)cccc1Cl. The number of halogens is 2. The molecule has 1 aromatic carbocycles. The minimum absolute atomic E-state index is 0.212. The van der Waals surface area contributed by atoms with Crippen LogP contribution >= 0.6 is 11.6 Å². The number of hydrogen-bond donors (Lipinski definition) is 1. The van der Waals surface area contributed by atoms with E-state index >= 15 is 0 Å². The van der Waals surface area contributed by atoms with Crippen LogP contribution in [-0.4, -0.2) is 37.6 Å². The Kier molecular flexibility index (Phi) is 6.61. The zero-order chi connectivity index (χ0) is 13.5. The van der Waals surface area contributed by atoms with Gasteiger partial charge in [0.25, 0.3) is 0 Å². The molecule has 0 aliphatic rings. The first-order chi connectivity index (χ1) is 8.50. The van der Waals surface area contributed by atoms with Crippen molar-refractivity contribution in [3.05, 3.63) is 34.6 Å². The fourth-order valence-corrected chi connectivity index (χ4v) is 1.99. The van der Waals surface area contributed by atoms with Crippen molar-refractivity contribution in [3.63, 3.8) is 0 Å². The Balaban J connectivity index is 2.36. The molecule has 0 aliphatic heterocycles. The first kappa shape index (κ1) is 15.4. The Morgan fingerprint density at radius 2 is 2.06 bits per heavy atom. The van der Waals surface area contributed by atoms with Crippen molar-refractivity contribution in [3.8, 4) is 0 Å². The summed E-state index contributed by atoms with van der Waals surface area (Å²) in [5, 5.41) is 3.87. The number of nitrogens with one attached hydrogen (secondary N) is 1. The largest absolute Gasteiger partial charge is 0.313 e. The molecule has 102 valence electrons. The van der Waals surface area contributed by atoms with Gasteiger partial charge in [-0.2, -0.15) is 0 Å². The van der Waals surface area contributed by atoms with Gasteiger partial charge in [-0.3, -0.25) is 0 Å². The van der Waals surface area contributed by atoms with Crippen LogP contribution in [0.15, 0.2) is 18.2 Å². The maximum Gasteiger partial charge on any atom is 0.127 e. The van der Waals surface area contributed by atoms with Crippen molar-refractivity contribution in [2.24, 2.45) is 0 Å². The molecule has 0 fully saturated rings. The van der Waals surface area contributed by atoms with E-state index in [4.69, 9.17) is 11.6 Å². The average molecular weight is 273 g/mol. The van der Waals surface area contributed by atoms with E-state index in [0.717, 1.165) is 19.6 Å². The van der Waals surface area contributed by atoms with E-state index in [1.807, 2.05) is 7.05 Å². The molecule has 0 atom stereocenters. The minimum Gasteiger partial charge on any atom is -0.313 e. The monoisotopic (exact) mass is 272 g/mol. The van der Waals surface area contributed by atoms with Gasteiger partial charge in [-0.25, -0.2) is 4.39 Å². The molecule has 0 saturated carbocycles. The zero-order valence-corrected chi connectivity index (χ0v) is 12.1. The highest BCUT2D eigenvalue weighted by atomic mass is 35.5. The van der Waals surface area contributed by atoms with Crippen LogP contribution in [0.2, 0.25) is 5.02 Å². The van der Waals surface area contributed by atoms with Gasteiger partial charge >= 0.3 is 0 Å². The van der Waals surface area contributed by atoms with Gasteiger partial charge in [0.05, 0.1) is 0 Å². The van der Waals surface area contributed by atoms with Crippen LogP contribution in [0.5, 0.6) is 0 Å². The molecule has 2 nitrogen and oxygen atoms in total. The second-order valence-electron chi connectivity index (χ2n) is 4.86. The Hall–Kier alpha value is -0.640. The Morgan fingerprint density at radius 3 is 2.67 bits per heavy atom. The molecule has 0 spiro atoms. The van der Waals surface area contributed by atoms with Gasteiger partial charge in [0.2, 0.25) is 0 Å². The Morgan fingerprint density at radius 1 is 1.33 bits per heavy atom. The summed E-state index contributed by atoms with van der Waals surface area (Å²) in [5.74, 6) is -0.212. The van der Waals surface area contributed by atoms with E-state index in [0.29, 0.717) is 23.0 Å². The summed E-state index contributed by atoms with van der Waals surface area (Å²) in [4.78, 5) is 2.18. The van der Waals surface area contributed by atoms with E-state index in [9.17, 15) is 4.39 Å². The second kappa shape index (κ2) is 7.72. The third kappa shape index (κ3) is 5.34. The van der Waals surface area contributed by atoms with Crippen molar-refractivity contribution in [1.29, 1.82) is 0 Å². The highest BCUT2D eigenvalue weighted by Gasteiger charge is 2.08. The summed E-state index contributed by atoms with van der Waals surface area (Å²) < 4.78 is 13.5. The van der Waals surface area contributed by atoms with Crippen molar-refractivity contribution < 1.29 is 4.39 Å². The molecular weight excluding hydrogens is 251 g/mol. The molecule has 0 heterocycles. The number of hydrogen-bond acceptors (Lipinski definition) is 2. The normalized spacial score (nSPS) is 11.5. The third-order valence-corrected chi connectivity index (χ3v) is 3.21. The minimum atomic E-state index is -0.212. The van der Waals surface area contributed by atoms with Gasteiger partial charge in [-0.15, -0.1) is 0 Å². The molecule has 0 unspecified atom stereocenters. The smallest absolute Gasteiger partial charge is 0.127 e. The summed E-state index contributed by atoms with van der Waals surface area (Å²) in [6.07, 6.45) is 0.643. The van der Waals surface area contributed by atoms with Gasteiger partial charge in [-0.1, -0.05) is 31.5 Å². The third-order valence-electron chi connectivity index (χ3n) is 2.85. The number of nitrogens with zero attached hydrogens (tertiary/aromatic N) is 1. The maximum absolute atomic E-state index is 13.5. The number of rotatable bonds is 7. The standard InChI is InChI=1S/C14H22ClFN2/c1-11(2)17-8-10-18(3)9-7-12-13(15)5-4-6-14(12)16/h4-6,11,17H,7-10H2,1-3H3. The maximum atomic E-state index is 13.5. The molecular formula is C14H22ClFN2. The van der Waals surface area contributed by atoms with Gasteiger partial charge in [0.1, 0.15) is 5.82 Å². The van der Waals surface area contributed by atoms with Gasteiger partial charge < -0.3 is 10.2 Å². The highest BCUT2D eigenvalue weighted by molar-refractivity contribution is 6.31. The van der Waals surface area contributed by atoms with Crippen LogP contribution in [0.1, 0.15) is 19.4 Å². The van der Waals surface area contributed by atoms with E-state index in [1.54, 1.807) is 12.1 Å². The van der Waals surface area contributed by atoms with Crippen molar-refractivity contribution >= 4 is 11.6 Å². The van der Waals surface area contributed by atoms with Crippen LogP contribution in [0.4, 0.5) is 4.39 Å². The van der Waals surface area contributed by atoms with E-state index < -0.39 is 0 Å². The van der Waals surface area contributed by atoms with Crippen LogP contribution in [0, 0.1) is 5.82 Å². The molecule has 0 bridgehead atoms. The Labute approximate surface area is 114 Å². The first-order valence-corrected chi connectivity index (χ1v) is 6.73. The molecule has 1 N–H and O–H groups in total. The molecule has 1 aromatic rings. The molecule has 0 amide bonds. The van der Waals surface area contributed by atoms with Crippen LogP contribution in [0.25, 0.3) is 0 Å². The van der Waals surface area contributed by atoms with E-state index in [-0.39, 0.29) is 5.82 Å². The van der Waals surface area contributed by atoms with Gasteiger partial charge in [0, 0.05) is 36.3 Å². The molecule has 4 heteroatoms. The summed E-state index contributed by atoms with van der Waals surface area (Å²) in [5.41, 5.74) is 0.614. The first-order valence-electron chi connectivity index (χ1n) is 6.35. The van der Waals surface area contributed by atoms with E-state index in [1.165, 1.54) is 6.07 Å². The van der Waals surface area contributed by atoms with Crippen molar-refractivity contribution in [2.75, 3.05) is 26.7 Å². The zero-order valence-electron chi connectivity index (χ0n) is 11.3. The summed E-state index contributed by atoms with van der Waals surface area (Å²) in [6.45, 7) is 6.95. The predicted octanol–water partition coefficient (Wildman–Crippen LogP) is 2.95. The molecule has 0 aliphatic carbocycles. The summed E-state index contributed by atoms with van der Waals surface area (Å²) in [7, 11) is 2.04. The molecule has 0 radical (unpaired) electrons. The quantitative estimate of drug-likeness (QED) is 0.821. The van der Waals surface area contributed by atoms with Gasteiger partial charge in [-0.05, 0) is 25.6 Å². The molecule has 18 heavy (non-hydrogen) atoms. The lowest BCUT2D eigenvalue weighted by Gasteiger charge is -2.18. The van der Waals surface area contributed by atoms with Crippen LogP contribution < -0.4 is 5.32 Å². The van der Waals surface area contributed by atoms with Crippen LogP contribution in [-0.2, 0) is 6.42 Å². The molecule has 1 rings (SSSR count). The van der Waals surface area contributed by atoms with Crippen molar-refractivity contribution in [1.82, 2.24) is 10.2 Å².